The van der Waals surface area contributed by atoms with Crippen LogP contribution in [-0.2, 0) is 0 Å². The van der Waals surface area contributed by atoms with Crippen LogP contribution in [0, 0.1) is 20.8 Å². The average Bonchev–Trinajstić information content (AvgIpc) is 2.07. The van der Waals surface area contributed by atoms with Crippen LogP contribution >= 0.6 is 0 Å². The van der Waals surface area contributed by atoms with Gasteiger partial charge in [0.05, 0.1) is 0 Å². The van der Waals surface area contributed by atoms with Crippen LogP contribution in [0.5, 0.6) is 0 Å². The third-order valence-corrected chi connectivity index (χ3v) is 2.54. The number of nitrogen functional groups attached to an aromatic ring is 1. The molecule has 0 unspecified atom stereocenters. The molecule has 0 saturated heterocycles. The molecule has 0 amide bonds. The minimum Gasteiger partial charge on any atom is -0.398 e. The Kier molecular flexibility index (Phi) is 2.41. The number of rotatable bonds is 1. The molecule has 0 fully saturated rings. The summed E-state index contributed by atoms with van der Waals surface area (Å²) in [5.74, 6) is 0.0762. The highest BCUT2D eigenvalue weighted by atomic mass is 16.1. The summed E-state index contributed by atoms with van der Waals surface area (Å²) in [6.07, 6.45) is 0. The van der Waals surface area contributed by atoms with E-state index in [9.17, 15) is 4.79 Å². The fourth-order valence-corrected chi connectivity index (χ4v) is 1.44. The number of hydrogen-bond acceptors (Lipinski definition) is 2. The molecule has 1 aromatic carbocycles. The highest BCUT2D eigenvalue weighted by molar-refractivity contribution is 5.97. The fourth-order valence-electron chi connectivity index (χ4n) is 1.44. The van der Waals surface area contributed by atoms with Crippen LogP contribution in [0.15, 0.2) is 6.07 Å². The van der Waals surface area contributed by atoms with Crippen LogP contribution in [0.1, 0.15) is 34.0 Å². The summed E-state index contributed by atoms with van der Waals surface area (Å²) in [4.78, 5) is 11.2. The third-order valence-electron chi connectivity index (χ3n) is 2.54. The zero-order valence-electron chi connectivity index (χ0n) is 8.56. The summed E-state index contributed by atoms with van der Waals surface area (Å²) in [5.41, 5.74) is 10.4. The first-order valence-corrected chi connectivity index (χ1v) is 4.32. The molecule has 70 valence electrons. The number of carbonyl (C=O) groups is 1. The van der Waals surface area contributed by atoms with Gasteiger partial charge in [-0.15, -0.1) is 0 Å². The number of nitrogens with two attached hydrogens (primary N) is 1. The van der Waals surface area contributed by atoms with E-state index in [-0.39, 0.29) is 5.78 Å². The minimum atomic E-state index is 0.0762. The third kappa shape index (κ3) is 1.57. The van der Waals surface area contributed by atoms with E-state index in [1.54, 1.807) is 6.92 Å². The highest BCUT2D eigenvalue weighted by Gasteiger charge is 2.10. The van der Waals surface area contributed by atoms with Crippen molar-refractivity contribution in [2.75, 3.05) is 5.73 Å². The standard InChI is InChI=1S/C11H15NO/c1-6-5-10(9(4)13)8(3)11(12)7(6)2/h5H,12H2,1-4H3. The first-order chi connectivity index (χ1) is 5.95. The Morgan fingerprint density at radius 2 is 1.77 bits per heavy atom. The average molecular weight is 177 g/mol. The normalized spacial score (nSPS) is 10.2. The molecule has 13 heavy (non-hydrogen) atoms. The van der Waals surface area contributed by atoms with E-state index in [1.807, 2.05) is 26.8 Å². The lowest BCUT2D eigenvalue weighted by molar-refractivity contribution is 0.101. The summed E-state index contributed by atoms with van der Waals surface area (Å²) in [7, 11) is 0. The number of anilines is 1. The van der Waals surface area contributed by atoms with Crippen molar-refractivity contribution < 1.29 is 4.79 Å². The molecule has 0 heterocycles. The second kappa shape index (κ2) is 3.21. The van der Waals surface area contributed by atoms with Crippen molar-refractivity contribution in [1.29, 1.82) is 0 Å². The van der Waals surface area contributed by atoms with Gasteiger partial charge in [0, 0.05) is 11.3 Å². The number of aryl methyl sites for hydroxylation is 1. The van der Waals surface area contributed by atoms with Gasteiger partial charge in [-0.2, -0.15) is 0 Å². The quantitative estimate of drug-likeness (QED) is 0.528. The molecule has 0 spiro atoms. The molecule has 2 nitrogen and oxygen atoms in total. The molecule has 0 saturated carbocycles. The smallest absolute Gasteiger partial charge is 0.160 e. The molecule has 0 aliphatic heterocycles. The zero-order valence-corrected chi connectivity index (χ0v) is 8.56. The maximum Gasteiger partial charge on any atom is 0.160 e. The largest absolute Gasteiger partial charge is 0.398 e. The van der Waals surface area contributed by atoms with Crippen molar-refractivity contribution in [3.63, 3.8) is 0 Å². The summed E-state index contributed by atoms with van der Waals surface area (Å²) in [6, 6.07) is 1.91. The molecule has 0 atom stereocenters. The van der Waals surface area contributed by atoms with Crippen LogP contribution in [0.2, 0.25) is 0 Å². The lowest BCUT2D eigenvalue weighted by Gasteiger charge is -2.11. The number of carbonyl (C=O) groups excluding carboxylic acids is 1. The van der Waals surface area contributed by atoms with Crippen LogP contribution in [-0.4, -0.2) is 5.78 Å². The van der Waals surface area contributed by atoms with Crippen molar-refractivity contribution >= 4 is 11.5 Å². The van der Waals surface area contributed by atoms with E-state index in [1.165, 1.54) is 0 Å². The SMILES string of the molecule is CC(=O)c1cc(C)c(C)c(N)c1C. The molecule has 1 aromatic rings. The van der Waals surface area contributed by atoms with Gasteiger partial charge in [0.15, 0.2) is 5.78 Å². The van der Waals surface area contributed by atoms with Gasteiger partial charge >= 0.3 is 0 Å². The van der Waals surface area contributed by atoms with E-state index in [4.69, 9.17) is 5.73 Å². The van der Waals surface area contributed by atoms with E-state index in [2.05, 4.69) is 0 Å². The van der Waals surface area contributed by atoms with Crippen molar-refractivity contribution in [3.8, 4) is 0 Å². The Balaban J connectivity index is 3.50. The Morgan fingerprint density at radius 3 is 2.23 bits per heavy atom. The lowest BCUT2D eigenvalue weighted by Crippen LogP contribution is -2.04. The first kappa shape index (κ1) is 9.78. The molecule has 0 radical (unpaired) electrons. The highest BCUT2D eigenvalue weighted by Crippen LogP contribution is 2.24. The zero-order chi connectivity index (χ0) is 10.2. The summed E-state index contributed by atoms with van der Waals surface area (Å²) < 4.78 is 0. The molecule has 2 N–H and O–H groups in total. The van der Waals surface area contributed by atoms with E-state index in [0.717, 1.165) is 27.9 Å². The minimum absolute atomic E-state index is 0.0762. The summed E-state index contributed by atoms with van der Waals surface area (Å²) in [6.45, 7) is 7.40. The second-order valence-corrected chi connectivity index (χ2v) is 3.46. The lowest BCUT2D eigenvalue weighted by atomic mass is 9.96. The molecular weight excluding hydrogens is 162 g/mol. The maximum absolute atomic E-state index is 11.2. The molecule has 2 heteroatoms. The van der Waals surface area contributed by atoms with Crippen molar-refractivity contribution in [1.82, 2.24) is 0 Å². The fraction of sp³-hybridized carbons (Fsp3) is 0.364. The van der Waals surface area contributed by atoms with Crippen LogP contribution in [0.3, 0.4) is 0 Å². The molecule has 0 bridgehead atoms. The van der Waals surface area contributed by atoms with Gasteiger partial charge in [-0.05, 0) is 50.5 Å². The van der Waals surface area contributed by atoms with E-state index < -0.39 is 0 Å². The van der Waals surface area contributed by atoms with Crippen LogP contribution in [0.4, 0.5) is 5.69 Å². The van der Waals surface area contributed by atoms with Crippen LogP contribution < -0.4 is 5.73 Å². The molecular formula is C11H15NO. The van der Waals surface area contributed by atoms with Gasteiger partial charge in [-0.1, -0.05) is 0 Å². The van der Waals surface area contributed by atoms with Gasteiger partial charge in [-0.3, -0.25) is 4.79 Å². The van der Waals surface area contributed by atoms with Gasteiger partial charge < -0.3 is 5.73 Å². The summed E-state index contributed by atoms with van der Waals surface area (Å²) >= 11 is 0. The second-order valence-electron chi connectivity index (χ2n) is 3.46. The molecule has 0 aromatic heterocycles. The maximum atomic E-state index is 11.2. The van der Waals surface area contributed by atoms with Gasteiger partial charge in [0.1, 0.15) is 0 Å². The predicted octanol–water partition coefficient (Wildman–Crippen LogP) is 2.40. The van der Waals surface area contributed by atoms with Crippen molar-refractivity contribution in [2.45, 2.75) is 27.7 Å². The Labute approximate surface area is 78.8 Å². The number of benzene rings is 1. The summed E-state index contributed by atoms with van der Waals surface area (Å²) in [5, 5.41) is 0. The first-order valence-electron chi connectivity index (χ1n) is 4.32. The van der Waals surface area contributed by atoms with Crippen molar-refractivity contribution in [3.05, 3.63) is 28.3 Å². The van der Waals surface area contributed by atoms with Gasteiger partial charge in [-0.25, -0.2) is 0 Å². The Hall–Kier alpha value is -1.31. The molecule has 0 aliphatic rings. The van der Waals surface area contributed by atoms with E-state index in [0.29, 0.717) is 0 Å². The molecule has 1 rings (SSSR count). The topological polar surface area (TPSA) is 43.1 Å². The van der Waals surface area contributed by atoms with Crippen molar-refractivity contribution in [2.24, 2.45) is 0 Å². The number of ketones is 1. The Bertz CT molecular complexity index is 367. The molecule has 0 aliphatic carbocycles. The van der Waals surface area contributed by atoms with Gasteiger partial charge in [0.25, 0.3) is 0 Å². The van der Waals surface area contributed by atoms with Gasteiger partial charge in [0.2, 0.25) is 0 Å². The Morgan fingerprint density at radius 1 is 1.23 bits per heavy atom. The van der Waals surface area contributed by atoms with E-state index >= 15 is 0 Å². The number of Topliss-reactive ketones (excluding diaryl/α,β-unsaturated/α-hetero) is 1. The monoisotopic (exact) mass is 177 g/mol. The van der Waals surface area contributed by atoms with Crippen LogP contribution in [0.25, 0.3) is 0 Å². The number of hydrogen-bond donors (Lipinski definition) is 1. The predicted molar refractivity (Wildman–Crippen MR) is 55.1 cm³/mol.